The van der Waals surface area contributed by atoms with E-state index in [9.17, 15) is 22.8 Å². The van der Waals surface area contributed by atoms with Crippen molar-refractivity contribution in [2.45, 2.75) is 19.8 Å². The van der Waals surface area contributed by atoms with Crippen molar-refractivity contribution in [2.75, 3.05) is 30.9 Å². The second kappa shape index (κ2) is 8.99. The Hall–Kier alpha value is -3.40. The number of imide groups is 1. The molecule has 1 unspecified atom stereocenters. The summed E-state index contributed by atoms with van der Waals surface area (Å²) in [5.41, 5.74) is -0.429. The molecule has 0 saturated carbocycles. The molecule has 0 fully saturated rings. The fourth-order valence-electron chi connectivity index (χ4n) is 3.44. The highest BCUT2D eigenvalue weighted by Gasteiger charge is 2.43. The maximum Gasteiger partial charge on any atom is 0.264 e. The highest BCUT2D eigenvalue weighted by molar-refractivity contribution is 7.90. The van der Waals surface area contributed by atoms with Crippen LogP contribution < -0.4 is 14.8 Å². The smallest absolute Gasteiger partial charge is 0.264 e. The first-order valence-corrected chi connectivity index (χ1v) is 11.2. The van der Waals surface area contributed by atoms with Crippen molar-refractivity contribution in [1.82, 2.24) is 4.90 Å². The fraction of sp³-hybridized carbons (Fsp3) is 0.318. The SMILES string of the molecule is [2H]C([2H])([2H])Oc1ccc(C(CS(C)(=O)=O)N2C(=O)c3cccc(NC(C)=O)c3C2=O)cc1OC([2H])([2H])C([2H])([2H])[2H]. The van der Waals surface area contributed by atoms with Gasteiger partial charge in [0, 0.05) is 17.3 Å². The zero-order chi connectivity index (χ0) is 30.4. The number of benzene rings is 2. The minimum absolute atomic E-state index is 0.0141. The molecule has 1 N–H and O–H groups in total. The molecule has 32 heavy (non-hydrogen) atoms. The number of carbonyl (C=O) groups is 3. The van der Waals surface area contributed by atoms with E-state index in [0.29, 0.717) is 4.90 Å². The Kier molecular flexibility index (Phi) is 4.11. The highest BCUT2D eigenvalue weighted by Crippen LogP contribution is 2.38. The third kappa shape index (κ3) is 4.59. The summed E-state index contributed by atoms with van der Waals surface area (Å²) < 4.78 is 94.5. The van der Waals surface area contributed by atoms with Gasteiger partial charge in [0.05, 0.1) is 49.1 Å². The van der Waals surface area contributed by atoms with Crippen LogP contribution in [-0.4, -0.2) is 56.6 Å². The van der Waals surface area contributed by atoms with Crippen molar-refractivity contribution in [3.05, 3.63) is 53.1 Å². The summed E-state index contributed by atoms with van der Waals surface area (Å²) >= 11 is 0. The predicted octanol–water partition coefficient (Wildman–Crippen LogP) is 2.43. The van der Waals surface area contributed by atoms with E-state index in [-0.39, 0.29) is 22.4 Å². The lowest BCUT2D eigenvalue weighted by Gasteiger charge is -2.27. The van der Waals surface area contributed by atoms with E-state index in [1.165, 1.54) is 25.1 Å². The zero-order valence-electron chi connectivity index (χ0n) is 25.0. The molecule has 3 amide bonds. The first-order valence-electron chi connectivity index (χ1n) is 13.1. The van der Waals surface area contributed by atoms with Gasteiger partial charge in [0.25, 0.3) is 11.8 Å². The first kappa shape index (κ1) is 14.6. The summed E-state index contributed by atoms with van der Waals surface area (Å²) in [6, 6.07) is 5.54. The van der Waals surface area contributed by atoms with Crippen molar-refractivity contribution in [3.63, 3.8) is 0 Å². The Labute approximate surface area is 197 Å². The molecule has 0 bridgehead atoms. The molecule has 1 aliphatic rings. The molecule has 0 saturated heterocycles. The number of amides is 3. The number of nitrogens with zero attached hydrogens (tertiary/aromatic N) is 1. The minimum Gasteiger partial charge on any atom is -0.493 e. The molecule has 2 aromatic carbocycles. The van der Waals surface area contributed by atoms with Gasteiger partial charge in [-0.2, -0.15) is 0 Å². The number of carbonyl (C=O) groups excluding carboxylic acids is 3. The number of ether oxygens (including phenoxy) is 2. The standard InChI is InChI=1S/C22H24N2O7S/c1-5-31-19-11-14(9-10-18(19)30-3)17(12-32(4,28)29)24-21(26)15-7-6-8-16(23-13(2)25)20(15)22(24)27/h6-11,17H,5,12H2,1-4H3,(H,23,25)/i1D3,3D3,5D2. The lowest BCUT2D eigenvalue weighted by atomic mass is 10.1. The Morgan fingerprint density at radius 2 is 2.00 bits per heavy atom. The van der Waals surface area contributed by atoms with E-state index >= 15 is 0 Å². The maximum atomic E-state index is 13.5. The average molecular weight is 469 g/mol. The molecule has 0 radical (unpaired) electrons. The van der Waals surface area contributed by atoms with Gasteiger partial charge in [-0.3, -0.25) is 19.3 Å². The first-order chi connectivity index (χ1) is 18.1. The van der Waals surface area contributed by atoms with Crippen LogP contribution in [0.25, 0.3) is 0 Å². The summed E-state index contributed by atoms with van der Waals surface area (Å²) in [5, 5.41) is 2.44. The fourth-order valence-corrected chi connectivity index (χ4v) is 4.35. The van der Waals surface area contributed by atoms with Crippen molar-refractivity contribution in [1.29, 1.82) is 0 Å². The van der Waals surface area contributed by atoms with Crippen LogP contribution in [0.4, 0.5) is 5.69 Å². The molecule has 1 heterocycles. The molecule has 0 spiro atoms. The third-order valence-electron chi connectivity index (χ3n) is 4.65. The Balaban J connectivity index is 2.19. The van der Waals surface area contributed by atoms with Gasteiger partial charge < -0.3 is 14.8 Å². The lowest BCUT2D eigenvalue weighted by Crippen LogP contribution is -2.37. The van der Waals surface area contributed by atoms with Gasteiger partial charge in [-0.25, -0.2) is 8.42 Å². The summed E-state index contributed by atoms with van der Waals surface area (Å²) in [5.74, 6) is -4.53. The van der Waals surface area contributed by atoms with Gasteiger partial charge in [0.1, 0.15) is 9.84 Å². The van der Waals surface area contributed by atoms with E-state index in [0.717, 1.165) is 24.5 Å². The van der Waals surface area contributed by atoms with Gasteiger partial charge >= 0.3 is 0 Å². The highest BCUT2D eigenvalue weighted by atomic mass is 32.2. The maximum absolute atomic E-state index is 13.5. The van der Waals surface area contributed by atoms with Crippen molar-refractivity contribution in [3.8, 4) is 11.5 Å². The molecule has 10 heteroatoms. The van der Waals surface area contributed by atoms with Crippen LogP contribution in [0.2, 0.25) is 0 Å². The molecule has 3 rings (SSSR count). The van der Waals surface area contributed by atoms with Gasteiger partial charge in [-0.05, 0) is 36.7 Å². The second-order valence-electron chi connectivity index (χ2n) is 7.01. The predicted molar refractivity (Wildman–Crippen MR) is 118 cm³/mol. The van der Waals surface area contributed by atoms with Crippen LogP contribution in [0.3, 0.4) is 0 Å². The Morgan fingerprint density at radius 1 is 1.22 bits per heavy atom. The minimum atomic E-state index is -3.92. The van der Waals surface area contributed by atoms with Crippen LogP contribution in [0.15, 0.2) is 36.4 Å². The van der Waals surface area contributed by atoms with E-state index in [1.54, 1.807) is 0 Å². The summed E-state index contributed by atoms with van der Waals surface area (Å²) in [6.45, 7) is -5.50. The van der Waals surface area contributed by atoms with E-state index in [1.807, 2.05) is 0 Å². The largest absolute Gasteiger partial charge is 0.493 e. The number of methoxy groups -OCH3 is 1. The van der Waals surface area contributed by atoms with Gasteiger partial charge in [0.2, 0.25) is 5.91 Å². The average Bonchev–Trinajstić information content (AvgIpc) is 3.01. The summed E-state index contributed by atoms with van der Waals surface area (Å²) in [6.07, 6.45) is 0.845. The number of rotatable bonds is 8. The van der Waals surface area contributed by atoms with Crippen LogP contribution in [0.1, 0.15) is 57.1 Å². The van der Waals surface area contributed by atoms with Crippen LogP contribution in [-0.2, 0) is 14.6 Å². The van der Waals surface area contributed by atoms with E-state index in [2.05, 4.69) is 5.32 Å². The molecule has 9 nitrogen and oxygen atoms in total. The normalized spacial score (nSPS) is 19.1. The Bertz CT molecular complexity index is 1470. The number of anilines is 1. The number of sulfone groups is 1. The molecule has 1 aliphatic heterocycles. The zero-order valence-corrected chi connectivity index (χ0v) is 17.8. The number of hydrogen-bond donors (Lipinski definition) is 1. The van der Waals surface area contributed by atoms with Gasteiger partial charge in [-0.1, -0.05) is 12.1 Å². The van der Waals surface area contributed by atoms with Crippen molar-refractivity contribution in [2.24, 2.45) is 0 Å². The quantitative estimate of drug-likeness (QED) is 0.591. The molecular weight excluding hydrogens is 436 g/mol. The second-order valence-corrected chi connectivity index (χ2v) is 9.20. The molecular formula is C22H24N2O7S. The van der Waals surface area contributed by atoms with E-state index in [4.69, 9.17) is 20.4 Å². The van der Waals surface area contributed by atoms with Crippen molar-refractivity contribution >= 4 is 33.2 Å². The number of fused-ring (bicyclic) bond motifs is 1. The molecule has 0 aromatic heterocycles. The van der Waals surface area contributed by atoms with Gasteiger partial charge in [-0.15, -0.1) is 0 Å². The molecule has 0 aliphatic carbocycles. The number of hydrogen-bond acceptors (Lipinski definition) is 7. The van der Waals surface area contributed by atoms with Crippen molar-refractivity contribution < 1.29 is 43.2 Å². The van der Waals surface area contributed by atoms with Crippen LogP contribution in [0.5, 0.6) is 11.5 Å². The Morgan fingerprint density at radius 3 is 2.66 bits per heavy atom. The summed E-state index contributed by atoms with van der Waals surface area (Å²) in [7, 11) is -6.99. The van der Waals surface area contributed by atoms with Gasteiger partial charge in [0.15, 0.2) is 11.5 Å². The topological polar surface area (TPSA) is 119 Å². The molecule has 170 valence electrons. The molecule has 2 aromatic rings. The monoisotopic (exact) mass is 468 g/mol. The number of nitrogens with one attached hydrogen (secondary N) is 1. The molecule has 1 atom stereocenters. The lowest BCUT2D eigenvalue weighted by molar-refractivity contribution is -0.114. The van der Waals surface area contributed by atoms with E-state index < -0.39 is 71.3 Å². The van der Waals surface area contributed by atoms with Crippen LogP contribution >= 0.6 is 0 Å². The van der Waals surface area contributed by atoms with Crippen LogP contribution in [0, 0.1) is 0 Å². The third-order valence-corrected chi connectivity index (χ3v) is 5.57. The summed E-state index contributed by atoms with van der Waals surface area (Å²) in [4.78, 5) is 39.2.